The third-order valence-corrected chi connectivity index (χ3v) is 1.14. The second-order valence-electron chi connectivity index (χ2n) is 1.69. The molecule has 0 aliphatic rings. The average Bonchev–Trinajstić information content (AvgIpc) is 2.03. The lowest BCUT2D eigenvalue weighted by molar-refractivity contribution is 1.18. The lowest BCUT2D eigenvalue weighted by Crippen LogP contribution is -1.79. The molecule has 1 aromatic heterocycles. The van der Waals surface area contributed by atoms with Crippen LogP contribution < -0.4 is 0 Å². The molecule has 0 spiro atoms. The predicted molar refractivity (Wildman–Crippen MR) is 41.8 cm³/mol. The van der Waals surface area contributed by atoms with Crippen LogP contribution in [-0.4, -0.2) is 15.8 Å². The van der Waals surface area contributed by atoms with Crippen molar-refractivity contribution in [1.29, 1.82) is 0 Å². The summed E-state index contributed by atoms with van der Waals surface area (Å²) < 4.78 is 0. The molecule has 52 valence electrons. The fourth-order valence-electron chi connectivity index (χ4n) is 0.562. The van der Waals surface area contributed by atoms with Crippen molar-refractivity contribution >= 4 is 17.7 Å². The van der Waals surface area contributed by atoms with Gasteiger partial charge in [0.15, 0.2) is 0 Å². The molecule has 0 bridgehead atoms. The van der Waals surface area contributed by atoms with Gasteiger partial charge in [0.1, 0.15) is 0 Å². The minimum absolute atomic E-state index is 0.510. The molecule has 10 heavy (non-hydrogen) atoms. The molecule has 0 aromatic carbocycles. The van der Waals surface area contributed by atoms with Crippen LogP contribution in [0.15, 0.2) is 24.7 Å². The normalized spacial score (nSPS) is 10.5. The van der Waals surface area contributed by atoms with Crippen molar-refractivity contribution in [2.24, 2.45) is 0 Å². The summed E-state index contributed by atoms with van der Waals surface area (Å²) in [5.41, 5.74) is 0.836. The molecule has 0 N–H and O–H groups in total. The van der Waals surface area contributed by atoms with Crippen LogP contribution in [0.3, 0.4) is 0 Å². The molecule has 3 heteroatoms. The van der Waals surface area contributed by atoms with Gasteiger partial charge in [-0.3, -0.25) is 9.97 Å². The topological polar surface area (TPSA) is 25.8 Å². The number of hydrogen-bond acceptors (Lipinski definition) is 2. The summed E-state index contributed by atoms with van der Waals surface area (Å²) >= 11 is 5.42. The van der Waals surface area contributed by atoms with E-state index in [1.807, 2.05) is 12.2 Å². The zero-order valence-electron chi connectivity index (χ0n) is 5.37. The summed E-state index contributed by atoms with van der Waals surface area (Å²) in [5.74, 6) is 0.510. The van der Waals surface area contributed by atoms with Crippen molar-refractivity contribution in [3.05, 3.63) is 30.4 Å². The lowest BCUT2D eigenvalue weighted by Gasteiger charge is -1.86. The van der Waals surface area contributed by atoms with Crippen molar-refractivity contribution in [3.8, 4) is 0 Å². The van der Waals surface area contributed by atoms with Gasteiger partial charge in [0.25, 0.3) is 0 Å². The van der Waals surface area contributed by atoms with Crippen molar-refractivity contribution in [1.82, 2.24) is 9.97 Å². The molecule has 0 unspecified atom stereocenters. The van der Waals surface area contributed by atoms with Crippen molar-refractivity contribution in [2.45, 2.75) is 0 Å². The molecule has 2 nitrogen and oxygen atoms in total. The van der Waals surface area contributed by atoms with E-state index in [0.717, 1.165) is 5.69 Å². The Bertz CT molecular complexity index is 208. The van der Waals surface area contributed by atoms with Crippen LogP contribution in [0.5, 0.6) is 0 Å². The second kappa shape index (κ2) is 4.01. The molecule has 1 rings (SSSR count). The summed E-state index contributed by atoms with van der Waals surface area (Å²) in [6, 6.07) is 0. The first-order chi connectivity index (χ1) is 4.93. The molecule has 0 aliphatic heterocycles. The minimum Gasteiger partial charge on any atom is -0.261 e. The summed E-state index contributed by atoms with van der Waals surface area (Å²) in [4.78, 5) is 7.89. The molecule has 0 saturated heterocycles. The fraction of sp³-hybridized carbons (Fsp3) is 0.143. The van der Waals surface area contributed by atoms with Crippen LogP contribution >= 0.6 is 11.6 Å². The Kier molecular flexibility index (Phi) is 2.90. The summed E-state index contributed by atoms with van der Waals surface area (Å²) in [5, 5.41) is 0. The number of allylic oxidation sites excluding steroid dienone is 1. The van der Waals surface area contributed by atoms with Gasteiger partial charge in [-0.2, -0.15) is 0 Å². The van der Waals surface area contributed by atoms with E-state index in [1.54, 1.807) is 18.6 Å². The molecule has 0 radical (unpaired) electrons. The van der Waals surface area contributed by atoms with Gasteiger partial charge < -0.3 is 0 Å². The smallest absolute Gasteiger partial charge is 0.0810 e. The van der Waals surface area contributed by atoms with Crippen LogP contribution in [0, 0.1) is 0 Å². The van der Waals surface area contributed by atoms with Crippen LogP contribution in [-0.2, 0) is 0 Å². The first kappa shape index (κ1) is 7.22. The molecular weight excluding hydrogens is 148 g/mol. The first-order valence-corrected chi connectivity index (χ1v) is 3.45. The highest BCUT2D eigenvalue weighted by atomic mass is 35.5. The monoisotopic (exact) mass is 154 g/mol. The highest BCUT2D eigenvalue weighted by Gasteiger charge is 1.82. The quantitative estimate of drug-likeness (QED) is 0.607. The Labute approximate surface area is 64.6 Å². The van der Waals surface area contributed by atoms with E-state index >= 15 is 0 Å². The van der Waals surface area contributed by atoms with Gasteiger partial charge in [0.2, 0.25) is 0 Å². The summed E-state index contributed by atoms with van der Waals surface area (Å²) in [6.45, 7) is 0. The van der Waals surface area contributed by atoms with Gasteiger partial charge in [0.05, 0.1) is 11.9 Å². The standard InChI is InChI=1S/C7H7ClN2/c8-3-1-2-7-6-9-4-5-10-7/h1-2,4-6H,3H2. The van der Waals surface area contributed by atoms with E-state index in [9.17, 15) is 0 Å². The molecule has 0 atom stereocenters. The maximum atomic E-state index is 5.42. The van der Waals surface area contributed by atoms with E-state index in [0.29, 0.717) is 5.88 Å². The average molecular weight is 155 g/mol. The molecule has 0 fully saturated rings. The predicted octanol–water partition coefficient (Wildman–Crippen LogP) is 1.73. The number of alkyl halides is 1. The third-order valence-electron chi connectivity index (χ3n) is 0.961. The number of halogens is 1. The van der Waals surface area contributed by atoms with Gasteiger partial charge in [-0.05, 0) is 6.08 Å². The van der Waals surface area contributed by atoms with E-state index in [2.05, 4.69) is 9.97 Å². The maximum absolute atomic E-state index is 5.42. The number of hydrogen-bond donors (Lipinski definition) is 0. The first-order valence-electron chi connectivity index (χ1n) is 2.92. The van der Waals surface area contributed by atoms with Gasteiger partial charge in [-0.25, -0.2) is 0 Å². The third kappa shape index (κ3) is 2.15. The summed E-state index contributed by atoms with van der Waals surface area (Å²) in [6.07, 6.45) is 8.63. The van der Waals surface area contributed by atoms with Gasteiger partial charge in [-0.15, -0.1) is 11.6 Å². The fourth-order valence-corrected chi connectivity index (χ4v) is 0.651. The minimum atomic E-state index is 0.510. The number of nitrogens with zero attached hydrogens (tertiary/aromatic N) is 2. The zero-order valence-corrected chi connectivity index (χ0v) is 6.12. The van der Waals surface area contributed by atoms with Crippen LogP contribution in [0.25, 0.3) is 6.08 Å². The Morgan fingerprint density at radius 3 is 3.00 bits per heavy atom. The Balaban J connectivity index is 2.67. The van der Waals surface area contributed by atoms with Crippen molar-refractivity contribution in [3.63, 3.8) is 0 Å². The molecule has 0 saturated carbocycles. The van der Waals surface area contributed by atoms with E-state index in [-0.39, 0.29) is 0 Å². The van der Waals surface area contributed by atoms with E-state index in [1.165, 1.54) is 0 Å². The SMILES string of the molecule is ClCC=Cc1cnccn1. The highest BCUT2D eigenvalue weighted by Crippen LogP contribution is 1.93. The Hall–Kier alpha value is -0.890. The van der Waals surface area contributed by atoms with E-state index < -0.39 is 0 Å². The Morgan fingerprint density at radius 2 is 2.40 bits per heavy atom. The maximum Gasteiger partial charge on any atom is 0.0810 e. The molecular formula is C7H7ClN2. The zero-order chi connectivity index (χ0) is 7.23. The van der Waals surface area contributed by atoms with Crippen molar-refractivity contribution < 1.29 is 0 Å². The van der Waals surface area contributed by atoms with E-state index in [4.69, 9.17) is 11.6 Å². The van der Waals surface area contributed by atoms with Gasteiger partial charge in [-0.1, -0.05) is 6.08 Å². The highest BCUT2D eigenvalue weighted by molar-refractivity contribution is 6.19. The molecule has 1 heterocycles. The Morgan fingerprint density at radius 1 is 1.50 bits per heavy atom. The van der Waals surface area contributed by atoms with Crippen LogP contribution in [0.2, 0.25) is 0 Å². The summed E-state index contributed by atoms with van der Waals surface area (Å²) in [7, 11) is 0. The van der Waals surface area contributed by atoms with Crippen molar-refractivity contribution in [2.75, 3.05) is 5.88 Å². The molecule has 0 amide bonds. The number of rotatable bonds is 2. The van der Waals surface area contributed by atoms with Gasteiger partial charge >= 0.3 is 0 Å². The van der Waals surface area contributed by atoms with Gasteiger partial charge in [0, 0.05) is 18.3 Å². The molecule has 0 aliphatic carbocycles. The lowest BCUT2D eigenvalue weighted by atomic mass is 10.4. The second-order valence-corrected chi connectivity index (χ2v) is 2.00. The van der Waals surface area contributed by atoms with Crippen LogP contribution in [0.1, 0.15) is 5.69 Å². The molecule has 1 aromatic rings. The van der Waals surface area contributed by atoms with Crippen LogP contribution in [0.4, 0.5) is 0 Å². The largest absolute Gasteiger partial charge is 0.261 e. The number of aromatic nitrogens is 2.